The second-order valence-corrected chi connectivity index (χ2v) is 10.3. The maximum Gasteiger partial charge on any atom is 0.233 e. The van der Waals surface area contributed by atoms with E-state index in [2.05, 4.69) is 75.7 Å². The highest BCUT2D eigenvalue weighted by Crippen LogP contribution is 2.22. The molecule has 0 saturated carbocycles. The zero-order valence-electron chi connectivity index (χ0n) is 24.1. The van der Waals surface area contributed by atoms with Gasteiger partial charge in [0, 0.05) is 48.9 Å². The minimum Gasteiger partial charge on any atom is -0.399 e. The summed E-state index contributed by atoms with van der Waals surface area (Å²) in [6.07, 6.45) is 0. The van der Waals surface area contributed by atoms with Crippen molar-refractivity contribution < 1.29 is 10.2 Å². The Hall–Kier alpha value is -5.22. The number of hydrogen-bond acceptors (Lipinski definition) is 16. The van der Waals surface area contributed by atoms with E-state index in [1.54, 1.807) is 24.3 Å². The molecule has 12 N–H and O–H groups in total. The SMILES string of the molecule is CC(C)(CNc1nc(NCCO)nc(Nc2ccc(N)cc2)n1)CNc1nc(NCCO)nc(Nc2cccc(N)c2)n1. The van der Waals surface area contributed by atoms with Crippen LogP contribution in [0.4, 0.5) is 58.4 Å². The van der Waals surface area contributed by atoms with Gasteiger partial charge in [-0.1, -0.05) is 19.9 Å². The minimum atomic E-state index is -0.317. The van der Waals surface area contributed by atoms with Gasteiger partial charge >= 0.3 is 0 Å². The molecule has 0 atom stereocenters. The van der Waals surface area contributed by atoms with Crippen LogP contribution in [-0.4, -0.2) is 79.5 Å². The maximum absolute atomic E-state index is 9.23. The maximum atomic E-state index is 9.23. The number of aromatic nitrogens is 6. The normalized spacial score (nSPS) is 11.1. The van der Waals surface area contributed by atoms with Crippen LogP contribution in [-0.2, 0) is 0 Å². The molecular formula is C27H38N14O2. The Bertz CT molecular complexity index is 1470. The van der Waals surface area contributed by atoms with Gasteiger partial charge in [0.05, 0.1) is 13.2 Å². The van der Waals surface area contributed by atoms with Crippen molar-refractivity contribution in [1.82, 2.24) is 29.9 Å². The van der Waals surface area contributed by atoms with E-state index in [0.29, 0.717) is 60.2 Å². The fourth-order valence-electron chi connectivity index (χ4n) is 3.66. The summed E-state index contributed by atoms with van der Waals surface area (Å²) >= 11 is 0. The van der Waals surface area contributed by atoms with Crippen LogP contribution in [0.2, 0.25) is 0 Å². The molecule has 16 nitrogen and oxygen atoms in total. The number of aliphatic hydroxyl groups excluding tert-OH is 2. The number of nitrogen functional groups attached to an aromatic ring is 2. The van der Waals surface area contributed by atoms with Gasteiger partial charge < -0.3 is 53.6 Å². The average molecular weight is 591 g/mol. The highest BCUT2D eigenvalue weighted by Gasteiger charge is 2.20. The minimum absolute atomic E-state index is 0.0706. The van der Waals surface area contributed by atoms with Crippen LogP contribution >= 0.6 is 0 Å². The van der Waals surface area contributed by atoms with Crippen molar-refractivity contribution in [3.8, 4) is 0 Å². The molecule has 43 heavy (non-hydrogen) atoms. The van der Waals surface area contributed by atoms with Crippen LogP contribution in [0.15, 0.2) is 48.5 Å². The first-order valence-corrected chi connectivity index (χ1v) is 13.7. The van der Waals surface area contributed by atoms with E-state index >= 15 is 0 Å². The lowest BCUT2D eigenvalue weighted by molar-refractivity contribution is 0.310. The number of nitrogens with zero attached hydrogens (tertiary/aromatic N) is 6. The molecule has 0 aliphatic carbocycles. The van der Waals surface area contributed by atoms with Crippen molar-refractivity contribution >= 4 is 58.4 Å². The van der Waals surface area contributed by atoms with Crippen molar-refractivity contribution in [2.75, 3.05) is 82.8 Å². The fourth-order valence-corrected chi connectivity index (χ4v) is 3.66. The molecule has 0 aliphatic rings. The molecule has 228 valence electrons. The summed E-state index contributed by atoms with van der Waals surface area (Å²) in [6.45, 7) is 5.52. The molecule has 0 radical (unpaired) electrons. The summed E-state index contributed by atoms with van der Waals surface area (Å²) in [6, 6.07) is 14.4. The van der Waals surface area contributed by atoms with Crippen molar-refractivity contribution in [3.63, 3.8) is 0 Å². The Morgan fingerprint density at radius 1 is 0.581 bits per heavy atom. The van der Waals surface area contributed by atoms with E-state index in [9.17, 15) is 10.2 Å². The summed E-state index contributed by atoms with van der Waals surface area (Å²) < 4.78 is 0. The molecule has 4 rings (SSSR count). The summed E-state index contributed by atoms with van der Waals surface area (Å²) in [4.78, 5) is 26.6. The van der Waals surface area contributed by atoms with Crippen molar-refractivity contribution in [3.05, 3.63) is 48.5 Å². The summed E-state index contributed by atoms with van der Waals surface area (Å²) in [5.41, 5.74) is 14.1. The summed E-state index contributed by atoms with van der Waals surface area (Å²) in [7, 11) is 0. The van der Waals surface area contributed by atoms with Crippen molar-refractivity contribution in [2.45, 2.75) is 13.8 Å². The molecule has 0 fully saturated rings. The summed E-state index contributed by atoms with van der Waals surface area (Å²) in [5, 5.41) is 37.3. The van der Waals surface area contributed by atoms with Gasteiger partial charge in [-0.15, -0.1) is 0 Å². The van der Waals surface area contributed by atoms with E-state index in [0.717, 1.165) is 11.4 Å². The first-order chi connectivity index (χ1) is 20.7. The third-order valence-electron chi connectivity index (χ3n) is 5.82. The highest BCUT2D eigenvalue weighted by atomic mass is 16.3. The monoisotopic (exact) mass is 590 g/mol. The third-order valence-corrected chi connectivity index (χ3v) is 5.82. The second kappa shape index (κ2) is 14.6. The Morgan fingerprint density at radius 3 is 1.53 bits per heavy atom. The molecule has 2 aromatic heterocycles. The predicted octanol–water partition coefficient (Wildman–Crippen LogP) is 2.07. The average Bonchev–Trinajstić information content (AvgIpc) is 2.98. The number of benzene rings is 2. The van der Waals surface area contributed by atoms with Gasteiger partial charge in [0.15, 0.2) is 0 Å². The lowest BCUT2D eigenvalue weighted by Gasteiger charge is -2.25. The molecular weight excluding hydrogens is 552 g/mol. The van der Waals surface area contributed by atoms with Crippen LogP contribution < -0.4 is 43.4 Å². The fraction of sp³-hybridized carbons (Fsp3) is 0.333. The smallest absolute Gasteiger partial charge is 0.233 e. The highest BCUT2D eigenvalue weighted by molar-refractivity contribution is 5.61. The van der Waals surface area contributed by atoms with E-state index in [-0.39, 0.29) is 31.7 Å². The third kappa shape index (κ3) is 9.98. The standard InChI is InChI=1S/C27H38N14O2/c1-27(2,15-32-23-36-21(30-10-12-42)38-25(40-23)34-19-8-6-17(28)7-9-19)16-33-24-37-22(31-11-13-43)39-26(41-24)35-20-5-3-4-18(29)14-20/h3-9,14,42-43H,10-13,15-16,28-29H2,1-2H3,(H3,30,32,34,36,38,40)(H3,31,33,35,37,39,41). The number of aliphatic hydroxyl groups is 2. The lowest BCUT2D eigenvalue weighted by atomic mass is 9.93. The van der Waals surface area contributed by atoms with Gasteiger partial charge in [-0.3, -0.25) is 0 Å². The Morgan fingerprint density at radius 2 is 1.05 bits per heavy atom. The largest absolute Gasteiger partial charge is 0.399 e. The second-order valence-electron chi connectivity index (χ2n) is 10.3. The molecule has 0 spiro atoms. The van der Waals surface area contributed by atoms with E-state index in [4.69, 9.17) is 11.5 Å². The number of hydrogen-bond donors (Lipinski definition) is 10. The molecule has 0 unspecified atom stereocenters. The molecule has 0 aliphatic heterocycles. The number of nitrogens with one attached hydrogen (secondary N) is 6. The molecule has 16 heteroatoms. The molecule has 0 bridgehead atoms. The van der Waals surface area contributed by atoms with Gasteiger partial charge in [-0.05, 0) is 47.9 Å². The number of nitrogens with two attached hydrogens (primary N) is 2. The van der Waals surface area contributed by atoms with E-state index in [1.807, 2.05) is 24.3 Å². The first-order valence-electron chi connectivity index (χ1n) is 13.7. The Labute approximate surface area is 249 Å². The predicted molar refractivity (Wildman–Crippen MR) is 170 cm³/mol. The quantitative estimate of drug-likeness (QED) is 0.0839. The zero-order valence-corrected chi connectivity index (χ0v) is 24.1. The van der Waals surface area contributed by atoms with Crippen LogP contribution in [0.3, 0.4) is 0 Å². The van der Waals surface area contributed by atoms with Crippen molar-refractivity contribution in [1.29, 1.82) is 0 Å². The molecule has 4 aromatic rings. The van der Waals surface area contributed by atoms with Gasteiger partial charge in [-0.2, -0.15) is 29.9 Å². The van der Waals surface area contributed by atoms with E-state index < -0.39 is 0 Å². The topological polar surface area (TPSA) is 242 Å². The van der Waals surface area contributed by atoms with Crippen LogP contribution in [0.25, 0.3) is 0 Å². The van der Waals surface area contributed by atoms with Crippen LogP contribution in [0.1, 0.15) is 13.8 Å². The number of anilines is 10. The molecule has 2 aromatic carbocycles. The Balaban J connectivity index is 1.43. The lowest BCUT2D eigenvalue weighted by Crippen LogP contribution is -2.32. The molecule has 0 saturated heterocycles. The molecule has 0 amide bonds. The zero-order chi connectivity index (χ0) is 30.7. The van der Waals surface area contributed by atoms with Gasteiger partial charge in [0.2, 0.25) is 35.7 Å². The van der Waals surface area contributed by atoms with E-state index in [1.165, 1.54) is 0 Å². The van der Waals surface area contributed by atoms with Gasteiger partial charge in [-0.25, -0.2) is 0 Å². The van der Waals surface area contributed by atoms with Gasteiger partial charge in [0.25, 0.3) is 0 Å². The van der Waals surface area contributed by atoms with Crippen molar-refractivity contribution in [2.24, 2.45) is 5.41 Å². The number of rotatable bonds is 16. The summed E-state index contributed by atoms with van der Waals surface area (Å²) in [5.74, 6) is 1.96. The van der Waals surface area contributed by atoms with Gasteiger partial charge in [0.1, 0.15) is 0 Å². The van der Waals surface area contributed by atoms with Crippen LogP contribution in [0.5, 0.6) is 0 Å². The Kier molecular flexibility index (Phi) is 10.4. The molecule has 2 heterocycles. The van der Waals surface area contributed by atoms with Crippen LogP contribution in [0, 0.1) is 5.41 Å². The first kappa shape index (κ1) is 30.7.